The highest BCUT2D eigenvalue weighted by Crippen LogP contribution is 2.49. The van der Waals surface area contributed by atoms with E-state index in [-0.39, 0.29) is 0 Å². The fraction of sp³-hybridized carbons (Fsp3) is 0.450. The van der Waals surface area contributed by atoms with Crippen molar-refractivity contribution < 1.29 is 4.79 Å². The Morgan fingerprint density at radius 3 is 2.62 bits per heavy atom. The van der Waals surface area contributed by atoms with Crippen LogP contribution in [-0.2, 0) is 11.2 Å². The molecule has 2 aromatic rings. The summed E-state index contributed by atoms with van der Waals surface area (Å²) in [6, 6.07) is 14.8. The lowest BCUT2D eigenvalue weighted by atomic mass is 9.84. The fourth-order valence-corrected chi connectivity index (χ4v) is 4.57. The second-order valence-electron chi connectivity index (χ2n) is 7.04. The Bertz CT molecular complexity index is 672. The van der Waals surface area contributed by atoms with E-state index < -0.39 is 0 Å². The first-order chi connectivity index (χ1) is 10.3. The molecule has 0 N–H and O–H groups in total. The molecule has 2 fully saturated rings. The number of carbonyl (C=O) groups excluding carboxylic acids is 1. The van der Waals surface area contributed by atoms with Gasteiger partial charge in [-0.05, 0) is 53.4 Å². The lowest BCUT2D eigenvalue weighted by Gasteiger charge is -2.20. The lowest BCUT2D eigenvalue weighted by molar-refractivity contribution is -0.119. The normalized spacial score (nSPS) is 27.3. The van der Waals surface area contributed by atoms with Gasteiger partial charge < -0.3 is 0 Å². The average Bonchev–Trinajstić information content (AvgIpc) is 3.09. The van der Waals surface area contributed by atoms with E-state index in [1.807, 2.05) is 0 Å². The predicted molar refractivity (Wildman–Crippen MR) is 86.2 cm³/mol. The number of hydrogen-bond donors (Lipinski definition) is 0. The largest absolute Gasteiger partial charge is 0.299 e. The van der Waals surface area contributed by atoms with Crippen LogP contribution in [0.5, 0.6) is 0 Å². The van der Waals surface area contributed by atoms with Gasteiger partial charge in [-0.1, -0.05) is 48.9 Å². The maximum atomic E-state index is 12.4. The van der Waals surface area contributed by atoms with Gasteiger partial charge in [0.1, 0.15) is 5.78 Å². The molecular weight excluding hydrogens is 256 g/mol. The van der Waals surface area contributed by atoms with E-state index in [1.165, 1.54) is 42.0 Å². The molecule has 0 radical (unpaired) electrons. The van der Waals surface area contributed by atoms with E-state index in [9.17, 15) is 4.79 Å². The summed E-state index contributed by atoms with van der Waals surface area (Å²) in [5, 5.41) is 2.49. The number of Topliss-reactive ketones (excluding diaryl/α,β-unsaturated/α-hetero) is 1. The Kier molecular flexibility index (Phi) is 3.29. The summed E-state index contributed by atoms with van der Waals surface area (Å²) in [4.78, 5) is 12.4. The van der Waals surface area contributed by atoms with Crippen molar-refractivity contribution in [2.24, 2.45) is 17.8 Å². The van der Waals surface area contributed by atoms with Crippen LogP contribution in [0.25, 0.3) is 10.8 Å². The van der Waals surface area contributed by atoms with E-state index in [2.05, 4.69) is 42.5 Å². The van der Waals surface area contributed by atoms with E-state index in [4.69, 9.17) is 0 Å². The zero-order valence-corrected chi connectivity index (χ0v) is 12.4. The minimum atomic E-state index is 0.433. The van der Waals surface area contributed by atoms with Crippen molar-refractivity contribution in [3.63, 3.8) is 0 Å². The molecule has 0 aliphatic heterocycles. The molecule has 2 saturated carbocycles. The highest BCUT2D eigenvalue weighted by atomic mass is 16.1. The van der Waals surface area contributed by atoms with E-state index in [0.29, 0.717) is 18.1 Å². The summed E-state index contributed by atoms with van der Waals surface area (Å²) in [5.74, 6) is 2.92. The smallest absolute Gasteiger partial charge is 0.137 e. The summed E-state index contributed by atoms with van der Waals surface area (Å²) >= 11 is 0. The summed E-state index contributed by atoms with van der Waals surface area (Å²) < 4.78 is 0. The number of hydrogen-bond acceptors (Lipinski definition) is 1. The first-order valence-electron chi connectivity index (χ1n) is 8.27. The predicted octanol–water partition coefficient (Wildman–Crippen LogP) is 4.78. The van der Waals surface area contributed by atoms with Crippen molar-refractivity contribution in [1.82, 2.24) is 0 Å². The van der Waals surface area contributed by atoms with Crippen molar-refractivity contribution in [2.45, 2.75) is 38.5 Å². The molecule has 2 aliphatic carbocycles. The maximum absolute atomic E-state index is 12.4. The Morgan fingerprint density at radius 1 is 1.00 bits per heavy atom. The zero-order chi connectivity index (χ0) is 14.2. The molecule has 0 amide bonds. The summed E-state index contributed by atoms with van der Waals surface area (Å²) in [6.07, 6.45) is 6.92. The molecule has 2 bridgehead atoms. The van der Waals surface area contributed by atoms with Crippen molar-refractivity contribution in [3.05, 3.63) is 48.0 Å². The van der Waals surface area contributed by atoms with Crippen molar-refractivity contribution in [3.8, 4) is 0 Å². The zero-order valence-electron chi connectivity index (χ0n) is 12.4. The Hall–Kier alpha value is -1.63. The minimum Gasteiger partial charge on any atom is -0.299 e. The molecule has 21 heavy (non-hydrogen) atoms. The number of carbonyl (C=O) groups is 1. The monoisotopic (exact) mass is 278 g/mol. The van der Waals surface area contributed by atoms with Gasteiger partial charge in [0.05, 0.1) is 0 Å². The average molecular weight is 278 g/mol. The van der Waals surface area contributed by atoms with Crippen LogP contribution in [0, 0.1) is 17.8 Å². The van der Waals surface area contributed by atoms with Gasteiger partial charge in [0.15, 0.2) is 0 Å². The molecule has 0 heterocycles. The molecule has 4 rings (SSSR count). The minimum absolute atomic E-state index is 0.433. The molecule has 3 atom stereocenters. The summed E-state index contributed by atoms with van der Waals surface area (Å²) in [6.45, 7) is 0. The van der Waals surface area contributed by atoms with Crippen LogP contribution in [-0.4, -0.2) is 5.78 Å². The highest BCUT2D eigenvalue weighted by molar-refractivity contribution is 5.86. The topological polar surface area (TPSA) is 17.1 Å². The van der Waals surface area contributed by atoms with Gasteiger partial charge in [-0.3, -0.25) is 4.79 Å². The van der Waals surface area contributed by atoms with E-state index >= 15 is 0 Å². The summed E-state index contributed by atoms with van der Waals surface area (Å²) in [7, 11) is 0. The first-order valence-corrected chi connectivity index (χ1v) is 8.27. The SMILES string of the molecule is O=C(Cc1ccc2ccccc2c1)CC1CC2CCC1C2. The molecule has 3 unspecified atom stereocenters. The number of rotatable bonds is 4. The van der Waals surface area contributed by atoms with Crippen molar-refractivity contribution >= 4 is 16.6 Å². The van der Waals surface area contributed by atoms with Crippen LogP contribution in [0.4, 0.5) is 0 Å². The van der Waals surface area contributed by atoms with Crippen LogP contribution >= 0.6 is 0 Å². The van der Waals surface area contributed by atoms with Gasteiger partial charge in [-0.2, -0.15) is 0 Å². The third-order valence-electron chi connectivity index (χ3n) is 5.59. The quantitative estimate of drug-likeness (QED) is 0.786. The Morgan fingerprint density at radius 2 is 1.86 bits per heavy atom. The van der Waals surface area contributed by atoms with E-state index in [0.717, 1.165) is 18.3 Å². The molecular formula is C20H22O. The Balaban J connectivity index is 1.43. The van der Waals surface area contributed by atoms with Crippen LogP contribution in [0.1, 0.15) is 37.7 Å². The molecule has 2 aromatic carbocycles. The van der Waals surface area contributed by atoms with Crippen LogP contribution in [0.2, 0.25) is 0 Å². The fourth-order valence-electron chi connectivity index (χ4n) is 4.57. The van der Waals surface area contributed by atoms with Gasteiger partial charge in [-0.15, -0.1) is 0 Å². The van der Waals surface area contributed by atoms with Crippen molar-refractivity contribution in [1.29, 1.82) is 0 Å². The lowest BCUT2D eigenvalue weighted by Crippen LogP contribution is -2.16. The molecule has 108 valence electrons. The van der Waals surface area contributed by atoms with Gasteiger partial charge in [0.2, 0.25) is 0 Å². The third kappa shape index (κ3) is 2.62. The van der Waals surface area contributed by atoms with E-state index in [1.54, 1.807) is 0 Å². The molecule has 0 saturated heterocycles. The third-order valence-corrected chi connectivity index (χ3v) is 5.59. The highest BCUT2D eigenvalue weighted by Gasteiger charge is 2.39. The molecule has 1 heteroatoms. The van der Waals surface area contributed by atoms with Gasteiger partial charge in [-0.25, -0.2) is 0 Å². The second kappa shape index (κ2) is 5.29. The number of benzene rings is 2. The van der Waals surface area contributed by atoms with Crippen LogP contribution in [0.15, 0.2) is 42.5 Å². The van der Waals surface area contributed by atoms with Crippen molar-refractivity contribution in [2.75, 3.05) is 0 Å². The number of fused-ring (bicyclic) bond motifs is 3. The van der Waals surface area contributed by atoms with Crippen LogP contribution < -0.4 is 0 Å². The molecule has 1 nitrogen and oxygen atoms in total. The standard InChI is InChI=1S/C20H22O/c21-20(13-19-11-14-6-8-18(19)9-14)12-15-5-7-16-3-1-2-4-17(16)10-15/h1-5,7,10,14,18-19H,6,8-9,11-13H2. The van der Waals surface area contributed by atoms with Crippen LogP contribution in [0.3, 0.4) is 0 Å². The molecule has 0 spiro atoms. The maximum Gasteiger partial charge on any atom is 0.137 e. The van der Waals surface area contributed by atoms with Gasteiger partial charge >= 0.3 is 0 Å². The van der Waals surface area contributed by atoms with Gasteiger partial charge in [0, 0.05) is 12.8 Å². The molecule has 0 aromatic heterocycles. The Labute approximate surface area is 126 Å². The van der Waals surface area contributed by atoms with Gasteiger partial charge in [0.25, 0.3) is 0 Å². The second-order valence-corrected chi connectivity index (χ2v) is 7.04. The summed E-state index contributed by atoms with van der Waals surface area (Å²) in [5.41, 5.74) is 1.17. The first kappa shape index (κ1) is 13.1. The molecule has 2 aliphatic rings. The number of ketones is 1.